The Morgan fingerprint density at radius 2 is 1.79 bits per heavy atom. The molecule has 4 aliphatic carbocycles. The van der Waals surface area contributed by atoms with Crippen molar-refractivity contribution in [2.75, 3.05) is 6.54 Å². The van der Waals surface area contributed by atoms with Gasteiger partial charge in [0.05, 0.1) is 28.9 Å². The third kappa shape index (κ3) is 7.55. The Morgan fingerprint density at radius 1 is 1.00 bits per heavy atom. The van der Waals surface area contributed by atoms with Crippen molar-refractivity contribution in [1.82, 2.24) is 25.2 Å². The van der Waals surface area contributed by atoms with E-state index in [-0.39, 0.29) is 31.4 Å². The summed E-state index contributed by atoms with van der Waals surface area (Å²) in [6.45, 7) is -0.0575. The molecule has 3 N–H and O–H groups in total. The number of ether oxygens (including phenoxy) is 3. The standard InChI is InChI=1S/C42H48FN5O9S/c43-25-16-19-30-34(20-25)57-37-35(30)44-31-14-9-8-13-29(31)36(37)55-27-21-33-38(49)46-42(40(51)47-58(53,54)28-17-18-28)22-24(42)10-4-2-1-3-5-15-32(39(50)48(33)23-27)45-41(52)56-26-11-6-7-12-26/h4,8-10,13-14,16,19-20,24,26-28,30,32-34H,1-3,5-7,11-12,15,17-18,21-23H2,(H,45,52)(H,46,49)(H,47,51)/b10-4-/t24-,27-,30?,32+,33+,34?,42-/m1/s1. The number of amides is 4. The van der Waals surface area contributed by atoms with Gasteiger partial charge in [0, 0.05) is 17.7 Å². The first-order chi connectivity index (χ1) is 28.0. The Labute approximate surface area is 336 Å². The lowest BCUT2D eigenvalue weighted by Crippen LogP contribution is -2.58. The molecule has 4 heterocycles. The van der Waals surface area contributed by atoms with E-state index in [2.05, 4.69) is 15.4 Å². The number of benzene rings is 1. The largest absolute Gasteiger partial charge is 0.484 e. The maximum atomic E-state index is 14.7. The van der Waals surface area contributed by atoms with E-state index in [0.717, 1.165) is 38.5 Å². The normalized spacial score (nSPS) is 31.6. The number of para-hydroxylation sites is 1. The highest BCUT2D eigenvalue weighted by Gasteiger charge is 2.62. The van der Waals surface area contributed by atoms with Gasteiger partial charge in [0.25, 0.3) is 5.91 Å². The molecule has 0 bridgehead atoms. The van der Waals surface area contributed by atoms with Crippen molar-refractivity contribution >= 4 is 44.7 Å². The number of allylic oxidation sites excluding steroid dienone is 3. The summed E-state index contributed by atoms with van der Waals surface area (Å²) in [6.07, 6.45) is 13.7. The van der Waals surface area contributed by atoms with Gasteiger partial charge >= 0.3 is 6.09 Å². The zero-order valence-corrected chi connectivity index (χ0v) is 32.9. The van der Waals surface area contributed by atoms with Crippen LogP contribution in [0.1, 0.15) is 95.1 Å². The van der Waals surface area contributed by atoms with Crippen molar-refractivity contribution < 1.29 is 46.2 Å². The fourth-order valence-electron chi connectivity index (χ4n) is 9.10. The number of nitrogens with zero attached hydrogens (tertiary/aromatic N) is 2. The zero-order valence-electron chi connectivity index (χ0n) is 32.1. The van der Waals surface area contributed by atoms with Gasteiger partial charge < -0.3 is 29.7 Å². The molecule has 1 aromatic carbocycles. The van der Waals surface area contributed by atoms with Gasteiger partial charge in [-0.15, -0.1) is 0 Å². The third-order valence-electron chi connectivity index (χ3n) is 12.5. The van der Waals surface area contributed by atoms with Crippen LogP contribution in [0.15, 0.2) is 60.5 Å². The second-order valence-corrected chi connectivity index (χ2v) is 18.7. The summed E-state index contributed by atoms with van der Waals surface area (Å²) < 4.78 is 61.2. The van der Waals surface area contributed by atoms with Crippen LogP contribution in [-0.2, 0) is 29.1 Å². The van der Waals surface area contributed by atoms with E-state index in [1.807, 2.05) is 36.4 Å². The number of sulfonamides is 1. The lowest BCUT2D eigenvalue weighted by molar-refractivity contribution is -0.141. The monoisotopic (exact) mass is 817 g/mol. The number of pyridine rings is 1. The Hall–Kier alpha value is -4.99. The Kier molecular flexibility index (Phi) is 10.2. The summed E-state index contributed by atoms with van der Waals surface area (Å²) in [6, 6.07) is 5.18. The molecule has 0 spiro atoms. The Morgan fingerprint density at radius 3 is 2.60 bits per heavy atom. The maximum Gasteiger partial charge on any atom is 0.408 e. The minimum absolute atomic E-state index is 0.00209. The van der Waals surface area contributed by atoms with Crippen LogP contribution in [0.25, 0.3) is 10.9 Å². The number of nitrogens with one attached hydrogen (secondary N) is 3. The van der Waals surface area contributed by atoms with E-state index in [1.165, 1.54) is 17.1 Å². The molecule has 0 radical (unpaired) electrons. The fourth-order valence-corrected chi connectivity index (χ4v) is 10.5. The first-order valence-corrected chi connectivity index (χ1v) is 22.2. The van der Waals surface area contributed by atoms with Gasteiger partial charge in [-0.3, -0.25) is 19.1 Å². The van der Waals surface area contributed by atoms with E-state index >= 15 is 0 Å². The van der Waals surface area contributed by atoms with E-state index in [4.69, 9.17) is 19.2 Å². The number of hydrogen-bond donors (Lipinski definition) is 3. The van der Waals surface area contributed by atoms with Crippen LogP contribution in [0.2, 0.25) is 0 Å². The number of carbonyl (C=O) groups excluding carboxylic acids is 4. The molecule has 2 aromatic rings. The summed E-state index contributed by atoms with van der Waals surface area (Å²) in [7, 11) is -3.92. The predicted octanol–water partition coefficient (Wildman–Crippen LogP) is 4.89. The topological polar surface area (TPSA) is 182 Å². The number of fused-ring (bicyclic) bond motifs is 6. The number of rotatable bonds is 7. The minimum Gasteiger partial charge on any atom is -0.484 e. The van der Waals surface area contributed by atoms with Crippen LogP contribution < -0.4 is 24.8 Å². The molecule has 308 valence electrons. The number of carbonyl (C=O) groups is 4. The lowest BCUT2D eigenvalue weighted by atomic mass is 9.95. The molecule has 3 aliphatic heterocycles. The lowest BCUT2D eigenvalue weighted by Gasteiger charge is -2.30. The van der Waals surface area contributed by atoms with Crippen LogP contribution in [0.4, 0.5) is 9.18 Å². The molecule has 1 aromatic heterocycles. The smallest absolute Gasteiger partial charge is 0.408 e. The van der Waals surface area contributed by atoms with Crippen LogP contribution in [0.5, 0.6) is 11.5 Å². The third-order valence-corrected chi connectivity index (χ3v) is 14.4. The summed E-state index contributed by atoms with van der Waals surface area (Å²) in [5.74, 6) is -2.48. The van der Waals surface area contributed by atoms with Crippen LogP contribution in [0, 0.1) is 5.92 Å². The summed E-state index contributed by atoms with van der Waals surface area (Å²) in [5.41, 5.74) is -0.334. The molecule has 16 heteroatoms. The number of halogens is 1. The summed E-state index contributed by atoms with van der Waals surface area (Å²) in [5, 5.41) is 5.69. The molecule has 58 heavy (non-hydrogen) atoms. The highest BCUT2D eigenvalue weighted by Crippen LogP contribution is 2.50. The minimum atomic E-state index is -3.92. The average Bonchev–Trinajstić information content (AvgIpc) is 4.01. The fraction of sp³-hybridized carbons (Fsp3) is 0.548. The van der Waals surface area contributed by atoms with Crippen LogP contribution in [-0.4, -0.2) is 89.8 Å². The summed E-state index contributed by atoms with van der Waals surface area (Å²) >= 11 is 0. The molecule has 4 fully saturated rings. The van der Waals surface area contributed by atoms with E-state index in [0.29, 0.717) is 60.2 Å². The summed E-state index contributed by atoms with van der Waals surface area (Å²) in [4.78, 5) is 62.6. The van der Waals surface area contributed by atoms with Crippen molar-refractivity contribution in [1.29, 1.82) is 0 Å². The van der Waals surface area contributed by atoms with Gasteiger partial charge in [0.1, 0.15) is 41.8 Å². The van der Waals surface area contributed by atoms with Gasteiger partial charge in [0.2, 0.25) is 21.8 Å². The van der Waals surface area contributed by atoms with Gasteiger partial charge in [-0.1, -0.05) is 43.2 Å². The molecule has 1 saturated heterocycles. The predicted molar refractivity (Wildman–Crippen MR) is 209 cm³/mol. The van der Waals surface area contributed by atoms with E-state index in [9.17, 15) is 32.0 Å². The zero-order chi connectivity index (χ0) is 40.2. The molecule has 2 unspecified atom stereocenters. The number of alkyl carbamates (subject to hydrolysis) is 1. The van der Waals surface area contributed by atoms with Crippen molar-refractivity contribution in [2.24, 2.45) is 5.92 Å². The second-order valence-electron chi connectivity index (χ2n) is 16.7. The van der Waals surface area contributed by atoms with Crippen molar-refractivity contribution in [2.45, 2.75) is 131 Å². The van der Waals surface area contributed by atoms with Gasteiger partial charge in [0.15, 0.2) is 11.5 Å². The van der Waals surface area contributed by atoms with E-state index < -0.39 is 80.7 Å². The van der Waals surface area contributed by atoms with Crippen molar-refractivity contribution in [3.63, 3.8) is 0 Å². The first-order valence-electron chi connectivity index (χ1n) is 20.6. The van der Waals surface area contributed by atoms with Crippen molar-refractivity contribution in [3.05, 3.63) is 66.2 Å². The molecule has 3 saturated carbocycles. The molecule has 14 nitrogen and oxygen atoms in total. The number of aromatic nitrogens is 1. The first kappa shape index (κ1) is 38.5. The number of hydrogen-bond acceptors (Lipinski definition) is 10. The average molecular weight is 818 g/mol. The molecular weight excluding hydrogens is 770 g/mol. The maximum absolute atomic E-state index is 14.7. The van der Waals surface area contributed by atoms with E-state index in [1.54, 1.807) is 6.08 Å². The van der Waals surface area contributed by atoms with Crippen molar-refractivity contribution in [3.8, 4) is 11.5 Å². The Bertz CT molecular complexity index is 2220. The van der Waals surface area contributed by atoms with Crippen LogP contribution >= 0.6 is 0 Å². The molecule has 7 atom stereocenters. The quantitative estimate of drug-likeness (QED) is 0.326. The molecular formula is C42H48FN5O9S. The van der Waals surface area contributed by atoms with Gasteiger partial charge in [-0.2, -0.15) is 0 Å². The Balaban J connectivity index is 1.04. The van der Waals surface area contributed by atoms with Crippen LogP contribution in [0.3, 0.4) is 0 Å². The highest BCUT2D eigenvalue weighted by atomic mass is 32.2. The highest BCUT2D eigenvalue weighted by molar-refractivity contribution is 7.91. The SMILES string of the molecule is O=C(N[C@H]1CCCCC/C=C\[C@@H]2C[C@@]2(C(=O)NS(=O)(=O)C2CC2)NC(=O)[C@@H]2C[C@@H](Oc3c4c(nc5ccccc35)C3C=CC(F)=CC3O4)CN2C1=O)OC1CCCC1. The molecule has 4 amide bonds. The molecule has 7 aliphatic rings. The second kappa shape index (κ2) is 15.3. The van der Waals surface area contributed by atoms with Gasteiger partial charge in [-0.05, 0) is 88.5 Å². The van der Waals surface area contributed by atoms with Gasteiger partial charge in [-0.25, -0.2) is 22.6 Å². The molecule has 9 rings (SSSR count).